The monoisotopic (exact) mass is 332 g/mol. The van der Waals surface area contributed by atoms with Gasteiger partial charge in [0.15, 0.2) is 10.3 Å². The Morgan fingerprint density at radius 3 is 2.55 bits per heavy atom. The molecule has 0 saturated carbocycles. The maximum absolute atomic E-state index is 12.0. The topological polar surface area (TPSA) is 92.7 Å². The van der Waals surface area contributed by atoms with Gasteiger partial charge in [-0.25, -0.2) is 19.9 Å². The number of hydrogen-bond donors (Lipinski definition) is 2. The van der Waals surface area contributed by atoms with Crippen molar-refractivity contribution >= 4 is 44.8 Å². The minimum atomic E-state index is -0.291. The summed E-state index contributed by atoms with van der Waals surface area (Å²) < 4.78 is 0. The average Bonchev–Trinajstić information content (AvgIpc) is 3.09. The van der Waals surface area contributed by atoms with Crippen LogP contribution < -0.4 is 10.6 Å². The average molecular weight is 332 g/mol. The van der Waals surface area contributed by atoms with Crippen molar-refractivity contribution in [2.45, 2.75) is 13.8 Å². The summed E-state index contributed by atoms with van der Waals surface area (Å²) in [6.45, 7) is 3.79. The number of nitrogens with zero attached hydrogens (tertiary/aromatic N) is 4. The largest absolute Gasteiger partial charge is 0.300 e. The number of anilines is 3. The Morgan fingerprint density at radius 1 is 1.09 bits per heavy atom. The molecule has 1 amide bonds. The van der Waals surface area contributed by atoms with Crippen LogP contribution in [0.5, 0.6) is 0 Å². The maximum Gasteiger partial charge on any atom is 0.276 e. The standard InChI is InChI=1S/C13H12N6OS2/c1-7-5-8(2)16-11(15-7)19-13-17-9(6-22-13)10(20)18-12-14-3-4-21-12/h3-6H,1-2H3,(H,14,18,20)(H,15,16,17,19). The van der Waals surface area contributed by atoms with Crippen molar-refractivity contribution < 1.29 is 4.79 Å². The number of carbonyl (C=O) groups excluding carboxylic acids is 1. The van der Waals surface area contributed by atoms with Crippen molar-refractivity contribution in [1.82, 2.24) is 19.9 Å². The van der Waals surface area contributed by atoms with Gasteiger partial charge in [-0.15, -0.1) is 22.7 Å². The molecule has 22 heavy (non-hydrogen) atoms. The Hall–Kier alpha value is -2.39. The van der Waals surface area contributed by atoms with Crippen LogP contribution in [0.4, 0.5) is 16.2 Å². The predicted octanol–water partition coefficient (Wildman–Crippen LogP) is 3.00. The first-order valence-corrected chi connectivity index (χ1v) is 8.12. The number of amides is 1. The molecule has 3 heterocycles. The number of aryl methyl sites for hydroxylation is 2. The van der Waals surface area contributed by atoms with Gasteiger partial charge in [0.1, 0.15) is 5.69 Å². The van der Waals surface area contributed by atoms with Gasteiger partial charge in [-0.1, -0.05) is 0 Å². The van der Waals surface area contributed by atoms with Crippen LogP contribution in [0.3, 0.4) is 0 Å². The number of rotatable bonds is 4. The van der Waals surface area contributed by atoms with E-state index in [1.807, 2.05) is 19.9 Å². The third kappa shape index (κ3) is 3.43. The fourth-order valence-corrected chi connectivity index (χ4v) is 2.97. The zero-order chi connectivity index (χ0) is 15.5. The number of thiazole rings is 2. The van der Waals surface area contributed by atoms with E-state index in [0.29, 0.717) is 21.9 Å². The molecular formula is C13H12N6OS2. The maximum atomic E-state index is 12.0. The normalized spacial score (nSPS) is 10.5. The lowest BCUT2D eigenvalue weighted by molar-refractivity contribution is 0.102. The SMILES string of the molecule is Cc1cc(C)nc(Nc2nc(C(=O)Nc3nccs3)cs2)n1. The highest BCUT2D eigenvalue weighted by Gasteiger charge is 2.13. The van der Waals surface area contributed by atoms with E-state index in [4.69, 9.17) is 0 Å². The summed E-state index contributed by atoms with van der Waals surface area (Å²) in [6.07, 6.45) is 1.63. The van der Waals surface area contributed by atoms with Gasteiger partial charge in [-0.05, 0) is 19.9 Å². The molecule has 3 aromatic rings. The van der Waals surface area contributed by atoms with Crippen LogP contribution in [0.25, 0.3) is 0 Å². The number of carbonyl (C=O) groups is 1. The molecule has 0 aromatic carbocycles. The quantitative estimate of drug-likeness (QED) is 0.763. The van der Waals surface area contributed by atoms with E-state index < -0.39 is 0 Å². The van der Waals surface area contributed by atoms with E-state index in [9.17, 15) is 4.79 Å². The molecule has 2 N–H and O–H groups in total. The van der Waals surface area contributed by atoms with Crippen LogP contribution in [0, 0.1) is 13.8 Å². The van der Waals surface area contributed by atoms with Gasteiger partial charge in [0, 0.05) is 28.3 Å². The molecule has 0 spiro atoms. The van der Waals surface area contributed by atoms with Crippen LogP contribution in [0.15, 0.2) is 23.0 Å². The van der Waals surface area contributed by atoms with E-state index in [0.717, 1.165) is 11.4 Å². The molecule has 0 aliphatic heterocycles. The second-order valence-electron chi connectivity index (χ2n) is 4.43. The summed E-state index contributed by atoms with van der Waals surface area (Å²) in [4.78, 5) is 28.8. The molecule has 112 valence electrons. The fraction of sp³-hybridized carbons (Fsp3) is 0.154. The molecule has 0 bridgehead atoms. The summed E-state index contributed by atoms with van der Waals surface area (Å²) in [5, 5.41) is 10.3. The number of hydrogen-bond acceptors (Lipinski definition) is 8. The van der Waals surface area contributed by atoms with Gasteiger partial charge >= 0.3 is 0 Å². The highest BCUT2D eigenvalue weighted by Crippen LogP contribution is 2.20. The Balaban J connectivity index is 1.72. The molecule has 3 aromatic heterocycles. The highest BCUT2D eigenvalue weighted by atomic mass is 32.1. The molecule has 0 aliphatic carbocycles. The van der Waals surface area contributed by atoms with Gasteiger partial charge in [0.25, 0.3) is 5.91 Å². The molecule has 0 unspecified atom stereocenters. The van der Waals surface area contributed by atoms with Crippen LogP contribution in [0.1, 0.15) is 21.9 Å². The molecule has 9 heteroatoms. The van der Waals surface area contributed by atoms with E-state index in [2.05, 4.69) is 30.6 Å². The molecule has 3 rings (SSSR count). The minimum absolute atomic E-state index is 0.291. The summed E-state index contributed by atoms with van der Waals surface area (Å²) in [5.74, 6) is 0.180. The Kier molecular flexibility index (Phi) is 4.07. The van der Waals surface area contributed by atoms with Gasteiger partial charge in [0.2, 0.25) is 5.95 Å². The smallest absolute Gasteiger partial charge is 0.276 e. The highest BCUT2D eigenvalue weighted by molar-refractivity contribution is 7.14. The molecule has 0 aliphatic rings. The second kappa shape index (κ2) is 6.16. The lowest BCUT2D eigenvalue weighted by Crippen LogP contribution is -2.12. The van der Waals surface area contributed by atoms with Crippen molar-refractivity contribution in [3.8, 4) is 0 Å². The van der Waals surface area contributed by atoms with Gasteiger partial charge in [-0.3, -0.25) is 10.1 Å². The van der Waals surface area contributed by atoms with E-state index in [-0.39, 0.29) is 5.91 Å². The van der Waals surface area contributed by atoms with Crippen molar-refractivity contribution in [2.75, 3.05) is 10.6 Å². The lowest BCUT2D eigenvalue weighted by Gasteiger charge is -2.03. The molecule has 0 radical (unpaired) electrons. The van der Waals surface area contributed by atoms with Gasteiger partial charge in [0.05, 0.1) is 0 Å². The Labute approximate surface area is 134 Å². The number of nitrogens with one attached hydrogen (secondary N) is 2. The summed E-state index contributed by atoms with van der Waals surface area (Å²) in [7, 11) is 0. The van der Waals surface area contributed by atoms with Crippen LogP contribution in [0.2, 0.25) is 0 Å². The first-order chi connectivity index (χ1) is 10.6. The summed E-state index contributed by atoms with van der Waals surface area (Å²) >= 11 is 2.67. The molecular weight excluding hydrogens is 320 g/mol. The first kappa shape index (κ1) is 14.5. The third-order valence-electron chi connectivity index (χ3n) is 2.59. The second-order valence-corrected chi connectivity index (χ2v) is 6.18. The van der Waals surface area contributed by atoms with Gasteiger partial charge in [-0.2, -0.15) is 0 Å². The first-order valence-electron chi connectivity index (χ1n) is 6.36. The number of aromatic nitrogens is 4. The molecule has 0 atom stereocenters. The van der Waals surface area contributed by atoms with E-state index in [1.54, 1.807) is 17.0 Å². The zero-order valence-electron chi connectivity index (χ0n) is 11.8. The van der Waals surface area contributed by atoms with Crippen molar-refractivity contribution in [2.24, 2.45) is 0 Å². The Morgan fingerprint density at radius 2 is 1.86 bits per heavy atom. The van der Waals surface area contributed by atoms with Gasteiger partial charge < -0.3 is 5.32 Å². The van der Waals surface area contributed by atoms with Crippen molar-refractivity contribution in [3.63, 3.8) is 0 Å². The van der Waals surface area contributed by atoms with Crippen molar-refractivity contribution in [3.05, 3.63) is 40.1 Å². The van der Waals surface area contributed by atoms with E-state index >= 15 is 0 Å². The Bertz CT molecular complexity index is 778. The van der Waals surface area contributed by atoms with E-state index in [1.165, 1.54) is 22.7 Å². The summed E-state index contributed by atoms with van der Waals surface area (Å²) in [5.41, 5.74) is 2.06. The third-order valence-corrected chi connectivity index (χ3v) is 4.04. The molecule has 0 fully saturated rings. The minimum Gasteiger partial charge on any atom is -0.300 e. The predicted molar refractivity (Wildman–Crippen MR) is 87.0 cm³/mol. The molecule has 7 nitrogen and oxygen atoms in total. The van der Waals surface area contributed by atoms with Crippen LogP contribution >= 0.6 is 22.7 Å². The van der Waals surface area contributed by atoms with Crippen LogP contribution in [-0.2, 0) is 0 Å². The van der Waals surface area contributed by atoms with Crippen molar-refractivity contribution in [1.29, 1.82) is 0 Å². The summed E-state index contributed by atoms with van der Waals surface area (Å²) in [6, 6.07) is 1.89. The zero-order valence-corrected chi connectivity index (χ0v) is 13.5. The van der Waals surface area contributed by atoms with Crippen LogP contribution in [-0.4, -0.2) is 25.8 Å². The fourth-order valence-electron chi connectivity index (χ4n) is 1.76. The lowest BCUT2D eigenvalue weighted by atomic mass is 10.4. The molecule has 0 saturated heterocycles.